The molecule has 7 heteroatoms. The number of anilines is 2. The van der Waals surface area contributed by atoms with Crippen LogP contribution in [-0.4, -0.2) is 64.7 Å². The first-order valence-corrected chi connectivity index (χ1v) is 10.3. The van der Waals surface area contributed by atoms with Crippen LogP contribution in [0.3, 0.4) is 0 Å². The minimum atomic E-state index is -0.174. The molecule has 0 atom stereocenters. The predicted octanol–water partition coefficient (Wildman–Crippen LogP) is 2.03. The molecule has 0 bridgehead atoms. The van der Waals surface area contributed by atoms with Gasteiger partial charge in [-0.05, 0) is 56.4 Å². The van der Waals surface area contributed by atoms with E-state index in [9.17, 15) is 9.90 Å². The lowest BCUT2D eigenvalue weighted by atomic mass is 9.71. The van der Waals surface area contributed by atoms with E-state index in [1.54, 1.807) is 6.20 Å². The number of piperidine rings is 2. The second-order valence-corrected chi connectivity index (χ2v) is 8.46. The maximum atomic E-state index is 12.6. The number of hydrogen-bond acceptors (Lipinski definition) is 6. The smallest absolute Gasteiger partial charge is 0.227 e. The van der Waals surface area contributed by atoms with Crippen molar-refractivity contribution < 1.29 is 9.90 Å². The Labute approximate surface area is 161 Å². The Hall–Kier alpha value is -1.89. The quantitative estimate of drug-likeness (QED) is 0.844. The third-order valence-electron chi connectivity index (χ3n) is 6.81. The zero-order valence-corrected chi connectivity index (χ0v) is 16.2. The second-order valence-electron chi connectivity index (χ2n) is 8.46. The van der Waals surface area contributed by atoms with Crippen LogP contribution in [0.1, 0.15) is 51.4 Å². The largest absolute Gasteiger partial charge is 0.393 e. The number of aliphatic hydroxyl groups excluding tert-OH is 1. The normalized spacial score (nSPS) is 28.4. The van der Waals surface area contributed by atoms with Gasteiger partial charge in [0.15, 0.2) is 0 Å². The van der Waals surface area contributed by atoms with E-state index in [1.165, 1.54) is 0 Å². The molecule has 3 heterocycles. The lowest BCUT2D eigenvalue weighted by molar-refractivity contribution is -0.142. The Morgan fingerprint density at radius 3 is 2.63 bits per heavy atom. The van der Waals surface area contributed by atoms with Gasteiger partial charge in [-0.15, -0.1) is 0 Å². The highest BCUT2D eigenvalue weighted by Gasteiger charge is 2.43. The molecule has 1 saturated carbocycles. The van der Waals surface area contributed by atoms with Gasteiger partial charge in [-0.2, -0.15) is 4.98 Å². The molecule has 2 saturated heterocycles. The fraction of sp³-hybridized carbons (Fsp3) is 0.750. The summed E-state index contributed by atoms with van der Waals surface area (Å²) in [5.41, 5.74) is 0.237. The van der Waals surface area contributed by atoms with E-state index in [-0.39, 0.29) is 11.5 Å². The van der Waals surface area contributed by atoms with Crippen molar-refractivity contribution >= 4 is 17.7 Å². The van der Waals surface area contributed by atoms with Crippen molar-refractivity contribution in [2.24, 2.45) is 5.41 Å². The number of aliphatic hydroxyl groups is 1. The molecule has 2 N–H and O–H groups in total. The lowest BCUT2D eigenvalue weighted by Crippen LogP contribution is -2.55. The van der Waals surface area contributed by atoms with Gasteiger partial charge >= 0.3 is 0 Å². The fourth-order valence-corrected chi connectivity index (χ4v) is 4.98. The molecular formula is C20H31N5O2. The molecule has 148 valence electrons. The molecule has 7 nitrogen and oxygen atoms in total. The summed E-state index contributed by atoms with van der Waals surface area (Å²) in [4.78, 5) is 26.0. The molecule has 3 fully saturated rings. The van der Waals surface area contributed by atoms with Crippen molar-refractivity contribution in [2.45, 2.75) is 63.5 Å². The third-order valence-corrected chi connectivity index (χ3v) is 6.81. The monoisotopic (exact) mass is 373 g/mol. The maximum absolute atomic E-state index is 12.6. The second kappa shape index (κ2) is 7.62. The zero-order valence-electron chi connectivity index (χ0n) is 16.2. The van der Waals surface area contributed by atoms with Crippen LogP contribution in [0.25, 0.3) is 0 Å². The molecule has 1 aliphatic carbocycles. The number of hydrogen-bond donors (Lipinski definition) is 2. The summed E-state index contributed by atoms with van der Waals surface area (Å²) in [6.45, 7) is 2.77. The Balaban J connectivity index is 1.40. The molecule has 1 amide bonds. The van der Waals surface area contributed by atoms with Gasteiger partial charge in [-0.25, -0.2) is 4.98 Å². The summed E-state index contributed by atoms with van der Waals surface area (Å²) in [6.07, 6.45) is 9.01. The number of aromatic nitrogens is 2. The van der Waals surface area contributed by atoms with E-state index in [0.717, 1.165) is 76.3 Å². The molecule has 0 radical (unpaired) electrons. The Kier molecular flexibility index (Phi) is 5.21. The molecule has 3 aliphatic rings. The van der Waals surface area contributed by atoms with Crippen LogP contribution in [0, 0.1) is 5.41 Å². The Morgan fingerprint density at radius 1 is 1.19 bits per heavy atom. The van der Waals surface area contributed by atoms with Gasteiger partial charge < -0.3 is 20.2 Å². The van der Waals surface area contributed by atoms with Gasteiger partial charge in [0.1, 0.15) is 5.82 Å². The SMILES string of the molecule is CNc1ccnc(N2CCC3(CCC(=O)N(C4CCC(O)CC4)C3)CC2)n1. The minimum absolute atomic E-state index is 0.174. The number of carbonyl (C=O) groups excluding carboxylic acids is 1. The van der Waals surface area contributed by atoms with Gasteiger partial charge in [-0.1, -0.05) is 0 Å². The average molecular weight is 374 g/mol. The van der Waals surface area contributed by atoms with Gasteiger partial charge in [0, 0.05) is 45.3 Å². The Bertz CT molecular complexity index is 666. The number of rotatable bonds is 3. The summed E-state index contributed by atoms with van der Waals surface area (Å²) < 4.78 is 0. The van der Waals surface area contributed by atoms with Crippen molar-refractivity contribution in [3.63, 3.8) is 0 Å². The topological polar surface area (TPSA) is 81.6 Å². The van der Waals surface area contributed by atoms with E-state index < -0.39 is 0 Å². The van der Waals surface area contributed by atoms with E-state index in [1.807, 2.05) is 13.1 Å². The van der Waals surface area contributed by atoms with Crippen LogP contribution in [-0.2, 0) is 4.79 Å². The summed E-state index contributed by atoms with van der Waals surface area (Å²) in [7, 11) is 1.87. The van der Waals surface area contributed by atoms with Crippen LogP contribution in [0.15, 0.2) is 12.3 Å². The summed E-state index contributed by atoms with van der Waals surface area (Å²) in [5.74, 6) is 1.95. The Morgan fingerprint density at radius 2 is 1.93 bits per heavy atom. The third kappa shape index (κ3) is 3.88. The molecule has 27 heavy (non-hydrogen) atoms. The number of amides is 1. The molecule has 0 unspecified atom stereocenters. The van der Waals surface area contributed by atoms with Crippen LogP contribution >= 0.6 is 0 Å². The lowest BCUT2D eigenvalue weighted by Gasteiger charge is -2.50. The highest BCUT2D eigenvalue weighted by atomic mass is 16.3. The van der Waals surface area contributed by atoms with E-state index in [4.69, 9.17) is 0 Å². The maximum Gasteiger partial charge on any atom is 0.227 e. The first-order chi connectivity index (χ1) is 13.1. The van der Waals surface area contributed by atoms with E-state index in [0.29, 0.717) is 18.4 Å². The average Bonchev–Trinajstić information content (AvgIpc) is 2.71. The highest BCUT2D eigenvalue weighted by molar-refractivity contribution is 5.77. The van der Waals surface area contributed by atoms with Crippen LogP contribution in [0.4, 0.5) is 11.8 Å². The predicted molar refractivity (Wildman–Crippen MR) is 105 cm³/mol. The molecule has 1 aromatic heterocycles. The van der Waals surface area contributed by atoms with Crippen molar-refractivity contribution in [3.05, 3.63) is 12.3 Å². The van der Waals surface area contributed by atoms with Crippen LogP contribution < -0.4 is 10.2 Å². The molecule has 2 aliphatic heterocycles. The fourth-order valence-electron chi connectivity index (χ4n) is 4.98. The number of likely N-dealkylation sites (tertiary alicyclic amines) is 1. The summed E-state index contributed by atoms with van der Waals surface area (Å²) in [6, 6.07) is 2.20. The first-order valence-electron chi connectivity index (χ1n) is 10.3. The first kappa shape index (κ1) is 18.5. The molecule has 1 spiro atoms. The van der Waals surface area contributed by atoms with Crippen LogP contribution in [0.5, 0.6) is 0 Å². The summed E-state index contributed by atoms with van der Waals surface area (Å²) >= 11 is 0. The minimum Gasteiger partial charge on any atom is -0.393 e. The van der Waals surface area contributed by atoms with E-state index in [2.05, 4.69) is 25.1 Å². The summed E-state index contributed by atoms with van der Waals surface area (Å²) in [5, 5.41) is 12.9. The van der Waals surface area contributed by atoms with Crippen molar-refractivity contribution in [2.75, 3.05) is 36.9 Å². The number of nitrogens with zero attached hydrogens (tertiary/aromatic N) is 4. The molecule has 1 aromatic rings. The van der Waals surface area contributed by atoms with Crippen molar-refractivity contribution in [3.8, 4) is 0 Å². The molecule has 4 rings (SSSR count). The van der Waals surface area contributed by atoms with Crippen molar-refractivity contribution in [1.29, 1.82) is 0 Å². The van der Waals surface area contributed by atoms with Crippen molar-refractivity contribution in [1.82, 2.24) is 14.9 Å². The van der Waals surface area contributed by atoms with E-state index >= 15 is 0 Å². The zero-order chi connectivity index (χ0) is 18.9. The van der Waals surface area contributed by atoms with Crippen LogP contribution in [0.2, 0.25) is 0 Å². The standard InChI is InChI=1S/C20H31N5O2/c1-21-17-7-11-22-19(23-17)24-12-9-20(10-13-24)8-6-18(27)25(14-20)15-2-4-16(26)5-3-15/h7,11,15-16,26H,2-6,8-10,12-14H2,1H3,(H,21,22,23). The highest BCUT2D eigenvalue weighted by Crippen LogP contribution is 2.42. The molecular weight excluding hydrogens is 342 g/mol. The van der Waals surface area contributed by atoms with Gasteiger partial charge in [0.25, 0.3) is 0 Å². The van der Waals surface area contributed by atoms with Gasteiger partial charge in [0.2, 0.25) is 11.9 Å². The van der Waals surface area contributed by atoms with Gasteiger partial charge in [0.05, 0.1) is 6.10 Å². The van der Waals surface area contributed by atoms with Gasteiger partial charge in [-0.3, -0.25) is 4.79 Å². The number of carbonyl (C=O) groups is 1. The molecule has 0 aromatic carbocycles. The number of nitrogens with one attached hydrogen (secondary N) is 1.